The molecule has 240 valence electrons. The third-order valence-corrected chi connectivity index (χ3v) is 10.8. The highest BCUT2D eigenvalue weighted by Crippen LogP contribution is 2.65. The van der Waals surface area contributed by atoms with E-state index in [-0.39, 0.29) is 30.4 Å². The Morgan fingerprint density at radius 1 is 1.07 bits per heavy atom. The first-order chi connectivity index (χ1) is 21.3. The Bertz CT molecular complexity index is 1220. The van der Waals surface area contributed by atoms with Crippen molar-refractivity contribution in [2.45, 2.75) is 107 Å². The standard InChI is InChI=1S/C36H51N3O5/c1-5-21-37(22-6-2)32(41)29-30-33(42)39(28(25-40)24-26-15-11-9-12-16-26)31(36(30)20-19-35(29,8-4)44-36)34(43)38(23-7-3)27-17-13-10-14-18-27/h5,7,9,11-12,15-16,27-31,40H,1,3,6,8,10,13-14,17-25H2,2,4H3/t28-,29+,30+,31?,35-,36?/m1/s1. The molecule has 6 atom stereocenters. The number of fused-ring (bicyclic) bond motifs is 1. The molecular weight excluding hydrogens is 554 g/mol. The highest BCUT2D eigenvalue weighted by Gasteiger charge is 2.79. The number of amides is 3. The summed E-state index contributed by atoms with van der Waals surface area (Å²) in [4.78, 5) is 49.7. The minimum Gasteiger partial charge on any atom is -0.394 e. The zero-order valence-electron chi connectivity index (χ0n) is 26.7. The molecule has 3 amide bonds. The minimum absolute atomic E-state index is 0.0622. The minimum atomic E-state index is -1.13. The molecule has 2 unspecified atom stereocenters. The second-order valence-electron chi connectivity index (χ2n) is 13.2. The first-order valence-corrected chi connectivity index (χ1v) is 16.8. The first kappa shape index (κ1) is 32.4. The molecule has 3 heterocycles. The molecule has 4 aliphatic rings. The average molecular weight is 606 g/mol. The van der Waals surface area contributed by atoms with Gasteiger partial charge in [-0.1, -0.05) is 75.6 Å². The lowest BCUT2D eigenvalue weighted by molar-refractivity contribution is -0.159. The average Bonchev–Trinajstić information content (AvgIpc) is 3.66. The Labute approximate surface area is 263 Å². The number of ether oxygens (including phenoxy) is 1. The lowest BCUT2D eigenvalue weighted by Gasteiger charge is -2.42. The summed E-state index contributed by atoms with van der Waals surface area (Å²) in [5, 5.41) is 10.8. The van der Waals surface area contributed by atoms with Gasteiger partial charge in [0, 0.05) is 25.7 Å². The van der Waals surface area contributed by atoms with Crippen molar-refractivity contribution in [3.8, 4) is 0 Å². The Morgan fingerprint density at radius 3 is 2.39 bits per heavy atom. The maximum Gasteiger partial charge on any atom is 0.248 e. The molecule has 1 saturated carbocycles. The third-order valence-electron chi connectivity index (χ3n) is 10.8. The summed E-state index contributed by atoms with van der Waals surface area (Å²) in [6.45, 7) is 12.9. The summed E-state index contributed by atoms with van der Waals surface area (Å²) in [6, 6.07) is 8.27. The zero-order chi connectivity index (χ0) is 31.5. The predicted octanol–water partition coefficient (Wildman–Crippen LogP) is 4.52. The number of rotatable bonds is 14. The molecule has 0 radical (unpaired) electrons. The van der Waals surface area contributed by atoms with E-state index in [1.807, 2.05) is 49.1 Å². The summed E-state index contributed by atoms with van der Waals surface area (Å²) in [5.74, 6) is -1.97. The normalized spacial score (nSPS) is 30.2. The Kier molecular flexibility index (Phi) is 10.0. The van der Waals surface area contributed by atoms with E-state index < -0.39 is 35.1 Å². The Balaban J connectivity index is 1.62. The fraction of sp³-hybridized carbons (Fsp3) is 0.639. The molecule has 5 rings (SSSR count). The summed E-state index contributed by atoms with van der Waals surface area (Å²) < 4.78 is 7.07. The van der Waals surface area contributed by atoms with Crippen molar-refractivity contribution in [3.05, 3.63) is 61.2 Å². The summed E-state index contributed by atoms with van der Waals surface area (Å²) >= 11 is 0. The van der Waals surface area contributed by atoms with Crippen LogP contribution in [0.5, 0.6) is 0 Å². The highest BCUT2D eigenvalue weighted by molar-refractivity contribution is 5.99. The molecule has 4 fully saturated rings. The van der Waals surface area contributed by atoms with Crippen LogP contribution in [0.15, 0.2) is 55.6 Å². The smallest absolute Gasteiger partial charge is 0.248 e. The second-order valence-corrected chi connectivity index (χ2v) is 13.2. The van der Waals surface area contributed by atoms with E-state index in [0.29, 0.717) is 45.3 Å². The fourth-order valence-electron chi connectivity index (χ4n) is 8.86. The van der Waals surface area contributed by atoms with Crippen LogP contribution in [-0.4, -0.2) is 93.1 Å². The highest BCUT2D eigenvalue weighted by atomic mass is 16.5. The van der Waals surface area contributed by atoms with Crippen LogP contribution >= 0.6 is 0 Å². The van der Waals surface area contributed by atoms with Crippen LogP contribution in [0, 0.1) is 11.8 Å². The molecule has 2 bridgehead atoms. The van der Waals surface area contributed by atoms with Crippen LogP contribution in [0.25, 0.3) is 0 Å². The van der Waals surface area contributed by atoms with E-state index in [4.69, 9.17) is 4.74 Å². The third kappa shape index (κ3) is 5.42. The van der Waals surface area contributed by atoms with Crippen LogP contribution in [0.1, 0.15) is 77.2 Å². The molecule has 8 heteroatoms. The lowest BCUT2D eigenvalue weighted by atomic mass is 9.64. The molecule has 44 heavy (non-hydrogen) atoms. The molecule has 0 aromatic heterocycles. The van der Waals surface area contributed by atoms with Crippen LogP contribution < -0.4 is 0 Å². The number of nitrogens with zero attached hydrogens (tertiary/aromatic N) is 3. The van der Waals surface area contributed by atoms with Gasteiger partial charge in [-0.15, -0.1) is 13.2 Å². The summed E-state index contributed by atoms with van der Waals surface area (Å²) in [6.07, 6.45) is 11.5. The lowest BCUT2D eigenvalue weighted by Crippen LogP contribution is -2.60. The van der Waals surface area contributed by atoms with Crippen LogP contribution in [0.4, 0.5) is 0 Å². The first-order valence-electron chi connectivity index (χ1n) is 16.8. The molecular formula is C36H51N3O5. The van der Waals surface area contributed by atoms with E-state index >= 15 is 4.79 Å². The van der Waals surface area contributed by atoms with Crippen LogP contribution in [-0.2, 0) is 25.5 Å². The van der Waals surface area contributed by atoms with Crippen LogP contribution in [0.2, 0.25) is 0 Å². The van der Waals surface area contributed by atoms with E-state index in [2.05, 4.69) is 13.2 Å². The second kappa shape index (κ2) is 13.6. The van der Waals surface area contributed by atoms with Gasteiger partial charge in [0.2, 0.25) is 17.7 Å². The van der Waals surface area contributed by atoms with E-state index in [1.165, 1.54) is 0 Å². The fourth-order valence-corrected chi connectivity index (χ4v) is 8.86. The van der Waals surface area contributed by atoms with Crippen molar-refractivity contribution >= 4 is 17.7 Å². The number of carbonyl (C=O) groups is 3. The number of benzene rings is 1. The molecule has 1 N–H and O–H groups in total. The number of carbonyl (C=O) groups excluding carboxylic acids is 3. The molecule has 8 nitrogen and oxygen atoms in total. The number of hydrogen-bond donors (Lipinski definition) is 1. The molecule has 1 spiro atoms. The van der Waals surface area contributed by atoms with Crippen molar-refractivity contribution in [1.82, 2.24) is 14.7 Å². The van der Waals surface area contributed by atoms with Crippen molar-refractivity contribution in [2.75, 3.05) is 26.2 Å². The van der Waals surface area contributed by atoms with Gasteiger partial charge in [0.25, 0.3) is 0 Å². The largest absolute Gasteiger partial charge is 0.394 e. The number of likely N-dealkylation sites (tertiary alicyclic amines) is 1. The number of aliphatic hydroxyl groups is 1. The van der Waals surface area contributed by atoms with Gasteiger partial charge in [0.15, 0.2) is 0 Å². The Morgan fingerprint density at radius 2 is 1.77 bits per heavy atom. The van der Waals surface area contributed by atoms with Gasteiger partial charge in [0.1, 0.15) is 11.6 Å². The van der Waals surface area contributed by atoms with Crippen molar-refractivity contribution in [1.29, 1.82) is 0 Å². The topological polar surface area (TPSA) is 90.4 Å². The van der Waals surface area contributed by atoms with Gasteiger partial charge in [-0.25, -0.2) is 0 Å². The molecule has 1 aromatic rings. The zero-order valence-corrected chi connectivity index (χ0v) is 26.7. The van der Waals surface area contributed by atoms with Crippen molar-refractivity contribution in [2.24, 2.45) is 11.8 Å². The van der Waals surface area contributed by atoms with Gasteiger partial charge in [-0.05, 0) is 50.5 Å². The van der Waals surface area contributed by atoms with Crippen molar-refractivity contribution < 1.29 is 24.2 Å². The van der Waals surface area contributed by atoms with Gasteiger partial charge < -0.3 is 24.5 Å². The number of aliphatic hydroxyl groups excluding tert-OH is 1. The van der Waals surface area contributed by atoms with Gasteiger partial charge in [0.05, 0.1) is 30.1 Å². The van der Waals surface area contributed by atoms with E-state index in [9.17, 15) is 14.7 Å². The SMILES string of the molecule is C=CCN(CCC)C(=O)[C@@H]1[C@H]2C(=O)N([C@@H](CO)Cc3ccccc3)C(C(=O)N(CC=C)C3CCCCC3)C23CC[C@@]1(CC)O3. The van der Waals surface area contributed by atoms with Crippen LogP contribution in [0.3, 0.4) is 0 Å². The molecule has 1 aliphatic carbocycles. The maximum atomic E-state index is 15.0. The maximum absolute atomic E-state index is 15.0. The van der Waals surface area contributed by atoms with Gasteiger partial charge in [-0.3, -0.25) is 14.4 Å². The van der Waals surface area contributed by atoms with E-state index in [0.717, 1.165) is 44.1 Å². The van der Waals surface area contributed by atoms with Crippen molar-refractivity contribution in [3.63, 3.8) is 0 Å². The molecule has 3 saturated heterocycles. The molecule has 3 aliphatic heterocycles. The quantitative estimate of drug-likeness (QED) is 0.315. The predicted molar refractivity (Wildman–Crippen MR) is 171 cm³/mol. The number of hydrogen-bond acceptors (Lipinski definition) is 5. The Hall–Kier alpha value is -2.97. The van der Waals surface area contributed by atoms with E-state index in [1.54, 1.807) is 22.0 Å². The van der Waals surface area contributed by atoms with Gasteiger partial charge >= 0.3 is 0 Å². The monoisotopic (exact) mass is 605 g/mol. The van der Waals surface area contributed by atoms with Gasteiger partial charge in [-0.2, -0.15) is 0 Å². The summed E-state index contributed by atoms with van der Waals surface area (Å²) in [5.41, 5.74) is -0.968. The molecule has 1 aromatic carbocycles. The summed E-state index contributed by atoms with van der Waals surface area (Å²) in [7, 11) is 0.